The van der Waals surface area contributed by atoms with Crippen molar-refractivity contribution in [3.05, 3.63) is 70.8 Å². The molecule has 3 nitrogen and oxygen atoms in total. The van der Waals surface area contributed by atoms with E-state index in [-0.39, 0.29) is 5.78 Å². The minimum atomic E-state index is 0.172. The highest BCUT2D eigenvalue weighted by molar-refractivity contribution is 6.20. The van der Waals surface area contributed by atoms with E-state index in [1.807, 2.05) is 12.2 Å². The molecular weight excluding hydrogens is 356 g/mol. The van der Waals surface area contributed by atoms with Crippen molar-refractivity contribution in [1.82, 2.24) is 0 Å². The first kappa shape index (κ1) is 20.9. The number of allylic oxidation sites excluding steroid dienone is 2. The van der Waals surface area contributed by atoms with E-state index in [4.69, 9.17) is 0 Å². The quantitative estimate of drug-likeness (QED) is 0.533. The van der Waals surface area contributed by atoms with E-state index < -0.39 is 0 Å². The molecule has 0 amide bonds. The molecule has 0 unspecified atom stereocenters. The Bertz CT molecular complexity index is 810. The summed E-state index contributed by atoms with van der Waals surface area (Å²) in [7, 11) is 0. The van der Waals surface area contributed by atoms with Gasteiger partial charge in [0.25, 0.3) is 0 Å². The molecule has 0 bridgehead atoms. The van der Waals surface area contributed by atoms with E-state index in [1.54, 1.807) is 0 Å². The van der Waals surface area contributed by atoms with Crippen LogP contribution in [0.3, 0.4) is 0 Å². The lowest BCUT2D eigenvalue weighted by Crippen LogP contribution is -2.21. The molecule has 1 saturated carbocycles. The van der Waals surface area contributed by atoms with Crippen LogP contribution in [0.1, 0.15) is 45.2 Å². The SMILES string of the molecule is CCN(CC)c1ccc(/C=C2/C/C(=C/c3ccc(N(CC)CC)cc3)C2=O)cc1. The minimum Gasteiger partial charge on any atom is -0.372 e. The Hall–Kier alpha value is -2.81. The smallest absolute Gasteiger partial charge is 0.185 e. The van der Waals surface area contributed by atoms with Crippen LogP contribution < -0.4 is 9.80 Å². The van der Waals surface area contributed by atoms with Gasteiger partial charge in [-0.3, -0.25) is 4.79 Å². The van der Waals surface area contributed by atoms with Crippen molar-refractivity contribution in [3.8, 4) is 0 Å². The third kappa shape index (κ3) is 4.79. The van der Waals surface area contributed by atoms with E-state index in [1.165, 1.54) is 11.4 Å². The predicted molar refractivity (Wildman–Crippen MR) is 126 cm³/mol. The normalized spacial score (nSPS) is 16.2. The van der Waals surface area contributed by atoms with Crippen molar-refractivity contribution in [2.24, 2.45) is 0 Å². The number of carbonyl (C=O) groups is 1. The number of benzene rings is 2. The highest BCUT2D eigenvalue weighted by Gasteiger charge is 2.27. The molecule has 0 radical (unpaired) electrons. The topological polar surface area (TPSA) is 23.6 Å². The minimum absolute atomic E-state index is 0.172. The monoisotopic (exact) mass is 388 g/mol. The van der Waals surface area contributed by atoms with Crippen molar-refractivity contribution in [2.75, 3.05) is 36.0 Å². The lowest BCUT2D eigenvalue weighted by Gasteiger charge is -2.22. The second kappa shape index (κ2) is 9.60. The zero-order valence-electron chi connectivity index (χ0n) is 18.1. The first-order valence-electron chi connectivity index (χ1n) is 10.7. The number of nitrogens with zero attached hydrogens (tertiary/aromatic N) is 2. The maximum atomic E-state index is 12.6. The van der Waals surface area contributed by atoms with Crippen molar-refractivity contribution < 1.29 is 4.79 Å². The largest absolute Gasteiger partial charge is 0.372 e. The van der Waals surface area contributed by atoms with Gasteiger partial charge in [0, 0.05) is 55.1 Å². The summed E-state index contributed by atoms with van der Waals surface area (Å²) < 4.78 is 0. The average Bonchev–Trinajstić information content (AvgIpc) is 2.76. The molecule has 2 aromatic carbocycles. The van der Waals surface area contributed by atoms with E-state index in [0.29, 0.717) is 0 Å². The fourth-order valence-electron chi connectivity index (χ4n) is 3.84. The molecule has 3 heteroatoms. The highest BCUT2D eigenvalue weighted by atomic mass is 16.1. The maximum absolute atomic E-state index is 12.6. The lowest BCUT2D eigenvalue weighted by molar-refractivity contribution is -0.114. The van der Waals surface area contributed by atoms with Gasteiger partial charge in [-0.05, 0) is 75.2 Å². The molecule has 0 aromatic heterocycles. The van der Waals surface area contributed by atoms with Gasteiger partial charge in [0.15, 0.2) is 5.78 Å². The summed E-state index contributed by atoms with van der Waals surface area (Å²) >= 11 is 0. The van der Waals surface area contributed by atoms with E-state index in [2.05, 4.69) is 86.0 Å². The van der Waals surface area contributed by atoms with Gasteiger partial charge in [-0.2, -0.15) is 0 Å². The number of ketones is 1. The van der Waals surface area contributed by atoms with Crippen LogP contribution in [-0.4, -0.2) is 32.0 Å². The van der Waals surface area contributed by atoms with Gasteiger partial charge in [0.1, 0.15) is 0 Å². The fourth-order valence-corrected chi connectivity index (χ4v) is 3.84. The van der Waals surface area contributed by atoms with Gasteiger partial charge in [-0.25, -0.2) is 0 Å². The van der Waals surface area contributed by atoms with Crippen LogP contribution in [0.4, 0.5) is 11.4 Å². The Morgan fingerprint density at radius 1 is 0.655 bits per heavy atom. The Morgan fingerprint density at radius 3 is 1.28 bits per heavy atom. The molecule has 0 heterocycles. The molecule has 0 atom stereocenters. The van der Waals surface area contributed by atoms with Gasteiger partial charge in [0.05, 0.1) is 0 Å². The van der Waals surface area contributed by atoms with Crippen LogP contribution in [0.15, 0.2) is 59.7 Å². The van der Waals surface area contributed by atoms with Crippen molar-refractivity contribution in [1.29, 1.82) is 0 Å². The number of hydrogen-bond donors (Lipinski definition) is 0. The summed E-state index contributed by atoms with van der Waals surface area (Å²) in [5, 5.41) is 0. The van der Waals surface area contributed by atoms with Crippen LogP contribution in [0.5, 0.6) is 0 Å². The molecule has 152 valence electrons. The zero-order chi connectivity index (χ0) is 20.8. The average molecular weight is 389 g/mol. The first-order chi connectivity index (χ1) is 14.1. The predicted octanol–water partition coefficient (Wildman–Crippen LogP) is 5.82. The summed E-state index contributed by atoms with van der Waals surface area (Å²) in [6.07, 6.45) is 4.79. The lowest BCUT2D eigenvalue weighted by atomic mass is 9.82. The molecule has 0 aliphatic heterocycles. The van der Waals surface area contributed by atoms with Crippen molar-refractivity contribution >= 4 is 29.3 Å². The van der Waals surface area contributed by atoms with Crippen molar-refractivity contribution in [2.45, 2.75) is 34.1 Å². The van der Waals surface area contributed by atoms with E-state index in [9.17, 15) is 4.79 Å². The second-order valence-corrected chi connectivity index (χ2v) is 7.37. The summed E-state index contributed by atoms with van der Waals surface area (Å²) in [6.45, 7) is 12.7. The number of rotatable bonds is 8. The Morgan fingerprint density at radius 2 is 1.00 bits per heavy atom. The van der Waals surface area contributed by atoms with Crippen LogP contribution in [0.2, 0.25) is 0 Å². The van der Waals surface area contributed by atoms with E-state index >= 15 is 0 Å². The third-order valence-corrected chi connectivity index (χ3v) is 5.69. The molecule has 3 rings (SSSR count). The number of hydrogen-bond acceptors (Lipinski definition) is 3. The summed E-state index contributed by atoms with van der Waals surface area (Å²) in [4.78, 5) is 17.2. The Labute approximate surface area is 175 Å². The highest BCUT2D eigenvalue weighted by Crippen LogP contribution is 2.32. The van der Waals surface area contributed by atoms with Gasteiger partial charge in [0.2, 0.25) is 0 Å². The van der Waals surface area contributed by atoms with E-state index in [0.717, 1.165) is 54.9 Å². The molecule has 0 spiro atoms. The molecule has 0 saturated heterocycles. The number of anilines is 2. The first-order valence-corrected chi connectivity index (χ1v) is 10.7. The molecule has 1 fully saturated rings. The summed E-state index contributed by atoms with van der Waals surface area (Å²) in [5.74, 6) is 0.172. The zero-order valence-corrected chi connectivity index (χ0v) is 18.1. The Balaban J connectivity index is 1.66. The molecule has 2 aromatic rings. The maximum Gasteiger partial charge on any atom is 0.185 e. The van der Waals surface area contributed by atoms with Gasteiger partial charge >= 0.3 is 0 Å². The molecular formula is C26H32N2O. The molecule has 1 aliphatic carbocycles. The van der Waals surface area contributed by atoms with Crippen molar-refractivity contribution in [3.63, 3.8) is 0 Å². The summed E-state index contributed by atoms with van der Waals surface area (Å²) in [5.41, 5.74) is 6.42. The van der Waals surface area contributed by atoms with Gasteiger partial charge in [-0.1, -0.05) is 24.3 Å². The number of carbonyl (C=O) groups excluding carboxylic acids is 1. The summed E-state index contributed by atoms with van der Waals surface area (Å²) in [6, 6.07) is 16.9. The second-order valence-electron chi connectivity index (χ2n) is 7.37. The molecule has 0 N–H and O–H groups in total. The van der Waals surface area contributed by atoms with Crippen LogP contribution in [0, 0.1) is 0 Å². The Kier molecular flexibility index (Phi) is 6.92. The molecule has 1 aliphatic rings. The number of Topliss-reactive ketones (excluding diaryl/α,β-unsaturated/α-hetero) is 1. The fraction of sp³-hybridized carbons (Fsp3) is 0.346. The van der Waals surface area contributed by atoms with Gasteiger partial charge < -0.3 is 9.80 Å². The van der Waals surface area contributed by atoms with Crippen LogP contribution >= 0.6 is 0 Å². The van der Waals surface area contributed by atoms with Crippen LogP contribution in [-0.2, 0) is 4.79 Å². The van der Waals surface area contributed by atoms with Gasteiger partial charge in [-0.15, -0.1) is 0 Å². The molecule has 29 heavy (non-hydrogen) atoms. The standard InChI is InChI=1S/C26H32N2O/c1-5-27(6-2)24-13-9-20(10-14-24)17-22-19-23(26(22)29)18-21-11-15-25(16-12-21)28(7-3)8-4/h9-18H,5-8,19H2,1-4H3/b22-17-,23-18-. The van der Waals surface area contributed by atoms with Crippen LogP contribution in [0.25, 0.3) is 12.2 Å². The third-order valence-electron chi connectivity index (χ3n) is 5.69.